The summed E-state index contributed by atoms with van der Waals surface area (Å²) < 4.78 is 49.0. The number of hydrogen-bond donors (Lipinski definition) is 0. The number of hydrogen-bond acceptors (Lipinski definition) is 3. The summed E-state index contributed by atoms with van der Waals surface area (Å²) >= 11 is 0. The van der Waals surface area contributed by atoms with E-state index in [1.807, 2.05) is 0 Å². The molecular formula is C18H17F3N2O. The van der Waals surface area contributed by atoms with Crippen LogP contribution in [0.3, 0.4) is 0 Å². The van der Waals surface area contributed by atoms with Crippen LogP contribution in [-0.4, -0.2) is 23.3 Å². The average Bonchev–Trinajstić information content (AvgIpc) is 2.51. The van der Waals surface area contributed by atoms with Crippen LogP contribution in [0.15, 0.2) is 35.5 Å². The lowest BCUT2D eigenvalue weighted by Crippen LogP contribution is -2.44. The van der Waals surface area contributed by atoms with E-state index in [0.29, 0.717) is 17.0 Å². The molecule has 126 valence electrons. The van der Waals surface area contributed by atoms with Crippen LogP contribution >= 0.6 is 0 Å². The van der Waals surface area contributed by atoms with Crippen molar-refractivity contribution >= 4 is 5.71 Å². The number of aliphatic imine (C=N–C) groups is 1. The van der Waals surface area contributed by atoms with E-state index in [1.165, 1.54) is 39.3 Å². The molecule has 1 aromatic carbocycles. The molecule has 0 fully saturated rings. The third-order valence-electron chi connectivity index (χ3n) is 4.28. The summed E-state index contributed by atoms with van der Waals surface area (Å²) in [6.45, 7) is 4.36. The summed E-state index contributed by atoms with van der Waals surface area (Å²) in [6.07, 6.45) is 1.53. The first-order valence-electron chi connectivity index (χ1n) is 7.47. The van der Waals surface area contributed by atoms with Gasteiger partial charge in [-0.2, -0.15) is 8.78 Å². The van der Waals surface area contributed by atoms with Gasteiger partial charge >= 0.3 is 5.92 Å². The molecule has 0 atom stereocenters. The van der Waals surface area contributed by atoms with Crippen LogP contribution in [-0.2, 0) is 5.92 Å². The summed E-state index contributed by atoms with van der Waals surface area (Å²) in [7, 11) is 1.50. The van der Waals surface area contributed by atoms with E-state index in [-0.39, 0.29) is 11.3 Å². The number of pyridine rings is 1. The molecule has 2 heterocycles. The summed E-state index contributed by atoms with van der Waals surface area (Å²) in [6, 6.07) is 5.57. The molecule has 2 aromatic rings. The Morgan fingerprint density at radius 2 is 1.88 bits per heavy atom. The molecule has 0 unspecified atom stereocenters. The fraction of sp³-hybridized carbons (Fsp3) is 0.333. The topological polar surface area (TPSA) is 34.5 Å². The Balaban J connectivity index is 2.30. The molecule has 0 N–H and O–H groups in total. The van der Waals surface area contributed by atoms with Crippen LogP contribution in [0.2, 0.25) is 0 Å². The highest BCUT2D eigenvalue weighted by Gasteiger charge is 2.54. The van der Waals surface area contributed by atoms with Gasteiger partial charge < -0.3 is 4.74 Å². The molecular weight excluding hydrogens is 317 g/mol. The van der Waals surface area contributed by atoms with Gasteiger partial charge in [0, 0.05) is 17.3 Å². The van der Waals surface area contributed by atoms with E-state index in [4.69, 9.17) is 4.74 Å². The fourth-order valence-electron chi connectivity index (χ4n) is 2.83. The third kappa shape index (κ3) is 2.28. The van der Waals surface area contributed by atoms with Gasteiger partial charge in [-0.05, 0) is 32.9 Å². The SMILES string of the molecule is COc1cc(C2=NC(C)(C)C(F)(F)c3c(F)cccc32)cnc1C. The van der Waals surface area contributed by atoms with Crippen LogP contribution < -0.4 is 4.74 Å². The molecule has 3 rings (SSSR count). The number of aryl methyl sites for hydroxylation is 1. The first kappa shape index (κ1) is 16.5. The van der Waals surface area contributed by atoms with E-state index < -0.39 is 22.8 Å². The monoisotopic (exact) mass is 334 g/mol. The van der Waals surface area contributed by atoms with Crippen LogP contribution in [0.25, 0.3) is 0 Å². The standard InChI is InChI=1S/C18H17F3N2O/c1-10-14(24-4)8-11(9-22-10)16-12-6-5-7-13(19)15(12)18(20,21)17(2,3)23-16/h5-9H,1-4H3. The van der Waals surface area contributed by atoms with Crippen molar-refractivity contribution in [3.05, 3.63) is 58.7 Å². The predicted molar refractivity (Wildman–Crippen MR) is 85.5 cm³/mol. The molecule has 24 heavy (non-hydrogen) atoms. The van der Waals surface area contributed by atoms with Crippen LogP contribution in [0.1, 0.15) is 36.2 Å². The molecule has 1 aliphatic rings. The predicted octanol–water partition coefficient (Wildman–Crippen LogP) is 4.26. The van der Waals surface area contributed by atoms with Gasteiger partial charge in [0.25, 0.3) is 0 Å². The lowest BCUT2D eigenvalue weighted by atomic mass is 9.81. The van der Waals surface area contributed by atoms with Gasteiger partial charge in [0.15, 0.2) is 0 Å². The largest absolute Gasteiger partial charge is 0.495 e. The lowest BCUT2D eigenvalue weighted by Gasteiger charge is -2.37. The Bertz CT molecular complexity index is 844. The molecule has 0 saturated heterocycles. The number of fused-ring (bicyclic) bond motifs is 1. The molecule has 0 amide bonds. The minimum atomic E-state index is -3.42. The molecule has 0 spiro atoms. The van der Waals surface area contributed by atoms with Crippen molar-refractivity contribution in [2.45, 2.75) is 32.2 Å². The van der Waals surface area contributed by atoms with Crippen molar-refractivity contribution in [1.82, 2.24) is 4.98 Å². The third-order valence-corrected chi connectivity index (χ3v) is 4.28. The van der Waals surface area contributed by atoms with Gasteiger partial charge in [-0.25, -0.2) is 4.39 Å². The zero-order valence-corrected chi connectivity index (χ0v) is 13.8. The van der Waals surface area contributed by atoms with Crippen molar-refractivity contribution in [2.75, 3.05) is 7.11 Å². The van der Waals surface area contributed by atoms with Gasteiger partial charge in [0.05, 0.1) is 24.1 Å². The number of ether oxygens (including phenoxy) is 1. The summed E-state index contributed by atoms with van der Waals surface area (Å²) in [5.41, 5.74) is -0.872. The minimum Gasteiger partial charge on any atom is -0.495 e. The Hall–Kier alpha value is -2.37. The number of alkyl halides is 2. The number of nitrogens with zero attached hydrogens (tertiary/aromatic N) is 2. The Morgan fingerprint density at radius 3 is 2.54 bits per heavy atom. The summed E-state index contributed by atoms with van der Waals surface area (Å²) in [4.78, 5) is 8.45. The maximum Gasteiger partial charge on any atom is 0.300 e. The smallest absolute Gasteiger partial charge is 0.300 e. The first-order chi connectivity index (χ1) is 11.2. The van der Waals surface area contributed by atoms with E-state index >= 15 is 0 Å². The molecule has 0 radical (unpaired) electrons. The van der Waals surface area contributed by atoms with Crippen molar-refractivity contribution in [2.24, 2.45) is 4.99 Å². The van der Waals surface area contributed by atoms with E-state index in [2.05, 4.69) is 9.98 Å². The van der Waals surface area contributed by atoms with Crippen LogP contribution in [0.4, 0.5) is 13.2 Å². The molecule has 0 bridgehead atoms. The van der Waals surface area contributed by atoms with Gasteiger partial charge in [-0.3, -0.25) is 9.98 Å². The van der Waals surface area contributed by atoms with Gasteiger partial charge in [-0.15, -0.1) is 0 Å². The number of aromatic nitrogens is 1. The van der Waals surface area contributed by atoms with Crippen LogP contribution in [0, 0.1) is 12.7 Å². The number of methoxy groups -OCH3 is 1. The second-order valence-electron chi connectivity index (χ2n) is 6.27. The lowest BCUT2D eigenvalue weighted by molar-refractivity contribution is -0.0710. The quantitative estimate of drug-likeness (QED) is 0.822. The van der Waals surface area contributed by atoms with Crippen molar-refractivity contribution in [3.8, 4) is 5.75 Å². The van der Waals surface area contributed by atoms with Gasteiger partial charge in [-0.1, -0.05) is 12.1 Å². The second kappa shape index (κ2) is 5.33. The fourth-order valence-corrected chi connectivity index (χ4v) is 2.83. The molecule has 0 saturated carbocycles. The summed E-state index contributed by atoms with van der Waals surface area (Å²) in [5, 5.41) is 0. The maximum absolute atomic E-state index is 14.7. The van der Waals surface area contributed by atoms with E-state index in [9.17, 15) is 13.2 Å². The Labute approximate surface area is 138 Å². The van der Waals surface area contributed by atoms with E-state index in [0.717, 1.165) is 6.07 Å². The molecule has 1 aromatic heterocycles. The van der Waals surface area contributed by atoms with Gasteiger partial charge in [0.1, 0.15) is 17.1 Å². The van der Waals surface area contributed by atoms with Crippen LogP contribution in [0.5, 0.6) is 5.75 Å². The van der Waals surface area contributed by atoms with Gasteiger partial charge in [0.2, 0.25) is 0 Å². The average molecular weight is 334 g/mol. The second-order valence-corrected chi connectivity index (χ2v) is 6.27. The Kier molecular flexibility index (Phi) is 3.66. The number of rotatable bonds is 2. The minimum absolute atomic E-state index is 0.0760. The zero-order valence-electron chi connectivity index (χ0n) is 13.8. The Morgan fingerprint density at radius 1 is 1.17 bits per heavy atom. The van der Waals surface area contributed by atoms with Crippen molar-refractivity contribution in [1.29, 1.82) is 0 Å². The molecule has 1 aliphatic heterocycles. The number of benzene rings is 1. The van der Waals surface area contributed by atoms with Crippen molar-refractivity contribution < 1.29 is 17.9 Å². The number of halogens is 3. The molecule has 3 nitrogen and oxygen atoms in total. The first-order valence-corrected chi connectivity index (χ1v) is 7.47. The van der Waals surface area contributed by atoms with E-state index in [1.54, 1.807) is 13.0 Å². The highest BCUT2D eigenvalue weighted by molar-refractivity contribution is 6.14. The highest BCUT2D eigenvalue weighted by Crippen LogP contribution is 2.47. The molecule has 0 aliphatic carbocycles. The highest BCUT2D eigenvalue weighted by atomic mass is 19.3. The van der Waals surface area contributed by atoms with Crippen molar-refractivity contribution in [3.63, 3.8) is 0 Å². The zero-order chi connectivity index (χ0) is 17.7. The normalized spacial score (nSPS) is 17.9. The maximum atomic E-state index is 14.7. The molecule has 6 heteroatoms. The summed E-state index contributed by atoms with van der Waals surface area (Å²) in [5.74, 6) is -3.84.